The second kappa shape index (κ2) is 6.88. The third-order valence-electron chi connectivity index (χ3n) is 4.19. The predicted octanol–water partition coefficient (Wildman–Crippen LogP) is 2.28. The Morgan fingerprint density at radius 1 is 1.26 bits per heavy atom. The molecule has 2 fully saturated rings. The van der Waals surface area contributed by atoms with Crippen molar-refractivity contribution in [1.82, 2.24) is 9.80 Å². The SMILES string of the molecule is CCOCCN1C(=O)C(N2CCSC2=O)C1c1ccc(F)cc1. The average molecular weight is 338 g/mol. The zero-order chi connectivity index (χ0) is 16.4. The summed E-state index contributed by atoms with van der Waals surface area (Å²) in [5.41, 5.74) is 0.845. The number of β-lactam (4-membered cyclic amide) rings is 1. The zero-order valence-electron chi connectivity index (χ0n) is 12.9. The third-order valence-corrected chi connectivity index (χ3v) is 5.06. The summed E-state index contributed by atoms with van der Waals surface area (Å²) in [5, 5.41) is -0.0556. The summed E-state index contributed by atoms with van der Waals surface area (Å²) in [4.78, 5) is 27.9. The van der Waals surface area contributed by atoms with Crippen molar-refractivity contribution in [2.75, 3.05) is 32.1 Å². The standard InChI is InChI=1S/C16H19FN2O3S/c1-2-22-9-7-18-13(11-3-5-12(17)6-4-11)14(15(18)20)19-8-10-23-16(19)21/h3-6,13-14H,2,7-10H2,1H3. The van der Waals surface area contributed by atoms with E-state index in [-0.39, 0.29) is 23.0 Å². The van der Waals surface area contributed by atoms with E-state index in [9.17, 15) is 14.0 Å². The van der Waals surface area contributed by atoms with Gasteiger partial charge in [0.1, 0.15) is 11.9 Å². The molecule has 2 heterocycles. The highest BCUT2D eigenvalue weighted by Crippen LogP contribution is 2.40. The van der Waals surface area contributed by atoms with Crippen LogP contribution in [0.5, 0.6) is 0 Å². The molecule has 23 heavy (non-hydrogen) atoms. The molecule has 0 spiro atoms. The lowest BCUT2D eigenvalue weighted by atomic mass is 9.87. The number of hydrogen-bond acceptors (Lipinski definition) is 4. The summed E-state index contributed by atoms with van der Waals surface area (Å²) < 4.78 is 18.5. The van der Waals surface area contributed by atoms with Gasteiger partial charge in [0, 0.05) is 25.4 Å². The van der Waals surface area contributed by atoms with Crippen LogP contribution in [0.1, 0.15) is 18.5 Å². The number of hydrogen-bond donors (Lipinski definition) is 0. The van der Waals surface area contributed by atoms with Gasteiger partial charge in [-0.2, -0.15) is 0 Å². The van der Waals surface area contributed by atoms with Crippen LogP contribution < -0.4 is 0 Å². The Hall–Kier alpha value is -1.60. The molecule has 124 valence electrons. The highest BCUT2D eigenvalue weighted by Gasteiger charge is 2.53. The van der Waals surface area contributed by atoms with E-state index in [4.69, 9.17) is 4.74 Å². The van der Waals surface area contributed by atoms with Crippen LogP contribution in [-0.4, -0.2) is 59.0 Å². The van der Waals surface area contributed by atoms with Crippen LogP contribution in [0.2, 0.25) is 0 Å². The number of ether oxygens (including phenoxy) is 1. The summed E-state index contributed by atoms with van der Waals surface area (Å²) in [6.45, 7) is 4.00. The van der Waals surface area contributed by atoms with Gasteiger partial charge in [-0.15, -0.1) is 0 Å². The molecule has 1 aromatic carbocycles. The molecular weight excluding hydrogens is 319 g/mol. The minimum absolute atomic E-state index is 0.0556. The number of thioether (sulfide) groups is 1. The lowest BCUT2D eigenvalue weighted by Crippen LogP contribution is -2.66. The molecule has 2 atom stereocenters. The number of carbonyl (C=O) groups excluding carboxylic acids is 2. The minimum atomic E-state index is -0.482. The smallest absolute Gasteiger partial charge is 0.282 e. The second-order valence-electron chi connectivity index (χ2n) is 5.48. The number of amides is 2. The normalized spacial score (nSPS) is 24.3. The minimum Gasteiger partial charge on any atom is -0.380 e. The van der Waals surface area contributed by atoms with Gasteiger partial charge in [0.25, 0.3) is 5.24 Å². The Labute approximate surface area is 138 Å². The van der Waals surface area contributed by atoms with Crippen molar-refractivity contribution in [3.05, 3.63) is 35.6 Å². The number of halogens is 1. The van der Waals surface area contributed by atoms with Crippen LogP contribution >= 0.6 is 11.8 Å². The fourth-order valence-corrected chi connectivity index (χ4v) is 3.90. The maximum absolute atomic E-state index is 13.2. The van der Waals surface area contributed by atoms with Crippen LogP contribution in [0.25, 0.3) is 0 Å². The molecule has 7 heteroatoms. The number of likely N-dealkylation sites (tertiary alicyclic amines) is 1. The molecule has 2 amide bonds. The topological polar surface area (TPSA) is 49.9 Å². The van der Waals surface area contributed by atoms with Gasteiger partial charge in [0.05, 0.1) is 12.6 Å². The maximum Gasteiger partial charge on any atom is 0.282 e. The largest absolute Gasteiger partial charge is 0.380 e. The van der Waals surface area contributed by atoms with E-state index in [0.29, 0.717) is 32.1 Å². The fraction of sp³-hybridized carbons (Fsp3) is 0.500. The highest BCUT2D eigenvalue weighted by atomic mass is 32.2. The molecule has 0 aromatic heterocycles. The molecule has 3 rings (SSSR count). The Morgan fingerprint density at radius 3 is 2.61 bits per heavy atom. The number of benzene rings is 1. The van der Waals surface area contributed by atoms with Gasteiger partial charge < -0.3 is 14.5 Å². The molecule has 2 saturated heterocycles. The predicted molar refractivity (Wildman–Crippen MR) is 85.7 cm³/mol. The van der Waals surface area contributed by atoms with E-state index in [0.717, 1.165) is 5.56 Å². The van der Waals surface area contributed by atoms with Gasteiger partial charge in [-0.25, -0.2) is 4.39 Å². The highest BCUT2D eigenvalue weighted by molar-refractivity contribution is 8.13. The van der Waals surface area contributed by atoms with E-state index in [1.54, 1.807) is 21.9 Å². The van der Waals surface area contributed by atoms with Crippen molar-refractivity contribution >= 4 is 22.9 Å². The van der Waals surface area contributed by atoms with Crippen LogP contribution in [0.4, 0.5) is 9.18 Å². The molecule has 0 saturated carbocycles. The van der Waals surface area contributed by atoms with Gasteiger partial charge in [-0.3, -0.25) is 9.59 Å². The molecule has 2 unspecified atom stereocenters. The summed E-state index contributed by atoms with van der Waals surface area (Å²) in [5.74, 6) is 0.331. The van der Waals surface area contributed by atoms with Crippen LogP contribution in [-0.2, 0) is 9.53 Å². The van der Waals surface area contributed by atoms with Gasteiger partial charge >= 0.3 is 0 Å². The molecule has 2 aliphatic heterocycles. The third kappa shape index (κ3) is 3.07. The van der Waals surface area contributed by atoms with E-state index < -0.39 is 6.04 Å². The summed E-state index contributed by atoms with van der Waals surface area (Å²) >= 11 is 1.24. The van der Waals surface area contributed by atoms with Crippen LogP contribution in [0.3, 0.4) is 0 Å². The number of nitrogens with zero attached hydrogens (tertiary/aromatic N) is 2. The first kappa shape index (κ1) is 16.3. The van der Waals surface area contributed by atoms with Gasteiger partial charge in [-0.1, -0.05) is 23.9 Å². The molecule has 2 aliphatic rings. The Morgan fingerprint density at radius 2 is 2.00 bits per heavy atom. The van der Waals surface area contributed by atoms with E-state index in [1.165, 1.54) is 23.9 Å². The van der Waals surface area contributed by atoms with Gasteiger partial charge in [-0.05, 0) is 24.6 Å². The monoisotopic (exact) mass is 338 g/mol. The first-order chi connectivity index (χ1) is 11.1. The lowest BCUT2D eigenvalue weighted by Gasteiger charge is -2.50. The van der Waals surface area contributed by atoms with Gasteiger partial charge in [0.2, 0.25) is 5.91 Å². The summed E-state index contributed by atoms with van der Waals surface area (Å²) in [6.07, 6.45) is 0. The maximum atomic E-state index is 13.2. The molecular formula is C16H19FN2O3S. The summed E-state index contributed by atoms with van der Waals surface area (Å²) in [7, 11) is 0. The average Bonchev–Trinajstić information content (AvgIpc) is 2.95. The molecule has 1 aromatic rings. The number of rotatable bonds is 6. The first-order valence-corrected chi connectivity index (χ1v) is 8.69. The second-order valence-corrected chi connectivity index (χ2v) is 6.52. The molecule has 0 N–H and O–H groups in total. The molecule has 0 bridgehead atoms. The molecule has 0 aliphatic carbocycles. The van der Waals surface area contributed by atoms with Crippen molar-refractivity contribution in [3.8, 4) is 0 Å². The first-order valence-electron chi connectivity index (χ1n) is 7.70. The van der Waals surface area contributed by atoms with Crippen LogP contribution in [0.15, 0.2) is 24.3 Å². The molecule has 0 radical (unpaired) electrons. The van der Waals surface area contributed by atoms with Crippen molar-refractivity contribution < 1.29 is 18.7 Å². The Kier molecular flexibility index (Phi) is 4.87. The quantitative estimate of drug-likeness (QED) is 0.590. The summed E-state index contributed by atoms with van der Waals surface area (Å²) in [6, 6.07) is 5.42. The number of carbonyl (C=O) groups is 2. The zero-order valence-corrected chi connectivity index (χ0v) is 13.7. The van der Waals surface area contributed by atoms with Crippen molar-refractivity contribution in [2.45, 2.75) is 19.0 Å². The van der Waals surface area contributed by atoms with E-state index >= 15 is 0 Å². The van der Waals surface area contributed by atoms with Gasteiger partial charge in [0.15, 0.2) is 0 Å². The van der Waals surface area contributed by atoms with Crippen LogP contribution in [0, 0.1) is 5.82 Å². The van der Waals surface area contributed by atoms with E-state index in [1.807, 2.05) is 6.92 Å². The molecule has 5 nitrogen and oxygen atoms in total. The van der Waals surface area contributed by atoms with E-state index in [2.05, 4.69) is 0 Å². The van der Waals surface area contributed by atoms with Crippen molar-refractivity contribution in [1.29, 1.82) is 0 Å². The fourth-order valence-electron chi connectivity index (χ4n) is 3.07. The lowest BCUT2D eigenvalue weighted by molar-refractivity contribution is -0.158. The Balaban J connectivity index is 1.82. The Bertz CT molecular complexity index is 595. The van der Waals surface area contributed by atoms with Crippen molar-refractivity contribution in [3.63, 3.8) is 0 Å². The van der Waals surface area contributed by atoms with Crippen molar-refractivity contribution in [2.24, 2.45) is 0 Å².